The first-order chi connectivity index (χ1) is 17.3. The smallest absolute Gasteiger partial charge is 0.119 e. The molecule has 2 N–H and O–H groups in total. The molecule has 4 aromatic rings. The van der Waals surface area contributed by atoms with Gasteiger partial charge in [0.2, 0.25) is 0 Å². The van der Waals surface area contributed by atoms with Gasteiger partial charge in [-0.2, -0.15) is 0 Å². The zero-order valence-electron chi connectivity index (χ0n) is 20.0. The Labute approximate surface area is 206 Å². The third kappa shape index (κ3) is 8.94. The molecule has 0 spiro atoms. The van der Waals surface area contributed by atoms with Crippen LogP contribution in [0.4, 0.5) is 0 Å². The monoisotopic (exact) mass is 474 g/mol. The minimum Gasteiger partial charge on any atom is -0.491 e. The molecular weight excluding hydrogens is 440 g/mol. The van der Waals surface area contributed by atoms with Crippen molar-refractivity contribution in [3.63, 3.8) is 0 Å². The second-order valence-electron chi connectivity index (χ2n) is 8.53. The number of H-pyrrole nitrogens is 2. The van der Waals surface area contributed by atoms with Crippen LogP contribution < -0.4 is 9.47 Å². The van der Waals surface area contributed by atoms with Crippen molar-refractivity contribution in [2.24, 2.45) is 0 Å². The van der Waals surface area contributed by atoms with Gasteiger partial charge in [-0.15, -0.1) is 0 Å². The fraction of sp³-hybridized carbons (Fsp3) is 0.357. The summed E-state index contributed by atoms with van der Waals surface area (Å²) >= 11 is 0. The van der Waals surface area contributed by atoms with Crippen LogP contribution in [-0.4, -0.2) is 45.4 Å². The van der Waals surface area contributed by atoms with E-state index in [1.165, 1.54) is 0 Å². The first-order valence-corrected chi connectivity index (χ1v) is 12.3. The van der Waals surface area contributed by atoms with Gasteiger partial charge in [0, 0.05) is 12.4 Å². The van der Waals surface area contributed by atoms with Gasteiger partial charge < -0.3 is 24.2 Å². The highest BCUT2D eigenvalue weighted by molar-refractivity contribution is 5.21. The van der Waals surface area contributed by atoms with Gasteiger partial charge in [-0.05, 0) is 62.8 Å². The molecule has 0 amide bonds. The van der Waals surface area contributed by atoms with Gasteiger partial charge in [-0.25, -0.2) is 9.97 Å². The van der Waals surface area contributed by atoms with Gasteiger partial charge in [-0.3, -0.25) is 0 Å². The van der Waals surface area contributed by atoms with Crippen LogP contribution in [-0.2, 0) is 17.6 Å². The topological polar surface area (TPSA) is 85.0 Å². The number of imidazole rings is 2. The normalized spacial score (nSPS) is 12.8. The summed E-state index contributed by atoms with van der Waals surface area (Å²) in [4.78, 5) is 14.7. The average Bonchev–Trinajstić information content (AvgIpc) is 3.61. The second-order valence-corrected chi connectivity index (χ2v) is 8.53. The minimum atomic E-state index is -0.0519. The summed E-state index contributed by atoms with van der Waals surface area (Å²) in [7, 11) is 0. The number of nitrogens with zero attached hydrogens (tertiary/aromatic N) is 2. The Morgan fingerprint density at radius 3 is 1.49 bits per heavy atom. The summed E-state index contributed by atoms with van der Waals surface area (Å²) in [6.45, 7) is 0.984. The molecule has 35 heavy (non-hydrogen) atoms. The first kappa shape index (κ1) is 24.5. The first-order valence-electron chi connectivity index (χ1n) is 12.3. The zero-order chi connectivity index (χ0) is 24.0. The van der Waals surface area contributed by atoms with E-state index in [0.717, 1.165) is 61.4 Å². The van der Waals surface area contributed by atoms with Crippen molar-refractivity contribution < 1.29 is 14.2 Å². The molecule has 0 saturated carbocycles. The lowest BCUT2D eigenvalue weighted by molar-refractivity contribution is -0.0591. The van der Waals surface area contributed by atoms with Crippen molar-refractivity contribution in [2.75, 3.05) is 13.2 Å². The quantitative estimate of drug-likeness (QED) is 0.227. The third-order valence-corrected chi connectivity index (χ3v) is 5.77. The lowest BCUT2D eigenvalue weighted by atomic mass is 10.1. The van der Waals surface area contributed by atoms with Gasteiger partial charge >= 0.3 is 0 Å². The Bertz CT molecular complexity index is 955. The molecule has 0 bridgehead atoms. The summed E-state index contributed by atoms with van der Waals surface area (Å²) in [5, 5.41) is 0. The molecule has 2 aromatic carbocycles. The maximum atomic E-state index is 6.63. The van der Waals surface area contributed by atoms with E-state index in [9.17, 15) is 0 Å². The molecular formula is C28H34N4O3. The van der Waals surface area contributed by atoms with E-state index in [1.54, 1.807) is 12.7 Å². The van der Waals surface area contributed by atoms with Crippen LogP contribution in [0.2, 0.25) is 0 Å². The maximum Gasteiger partial charge on any atom is 0.119 e. The minimum absolute atomic E-state index is 0.0519. The van der Waals surface area contributed by atoms with Crippen LogP contribution in [0.25, 0.3) is 0 Å². The van der Waals surface area contributed by atoms with Gasteiger partial charge in [0.15, 0.2) is 0 Å². The SMILES string of the molecule is c1ccc(OCC(CCCc2c[nH]cn2)OC(CCCc2c[nH]cn2)COc2ccccc2)cc1. The van der Waals surface area contributed by atoms with Crippen molar-refractivity contribution in [1.82, 2.24) is 19.9 Å². The Morgan fingerprint density at radius 2 is 1.09 bits per heavy atom. The molecule has 184 valence electrons. The van der Waals surface area contributed by atoms with Crippen LogP contribution in [0.3, 0.4) is 0 Å². The average molecular weight is 475 g/mol. The lowest BCUT2D eigenvalue weighted by Gasteiger charge is -2.25. The van der Waals surface area contributed by atoms with Crippen LogP contribution in [0.15, 0.2) is 85.7 Å². The number of aromatic nitrogens is 4. The fourth-order valence-electron chi connectivity index (χ4n) is 3.94. The number of hydrogen-bond acceptors (Lipinski definition) is 5. The Balaban J connectivity index is 1.36. The number of ether oxygens (including phenoxy) is 3. The second kappa shape index (κ2) is 14.0. The predicted molar refractivity (Wildman–Crippen MR) is 136 cm³/mol. The van der Waals surface area contributed by atoms with Gasteiger partial charge in [0.25, 0.3) is 0 Å². The van der Waals surface area contributed by atoms with Crippen molar-refractivity contribution in [3.8, 4) is 11.5 Å². The molecule has 0 saturated heterocycles. The Morgan fingerprint density at radius 1 is 0.629 bits per heavy atom. The Hall–Kier alpha value is -3.58. The molecule has 2 unspecified atom stereocenters. The molecule has 2 atom stereocenters. The van der Waals surface area contributed by atoms with E-state index in [0.29, 0.717) is 13.2 Å². The molecule has 0 aliphatic heterocycles. The van der Waals surface area contributed by atoms with Crippen LogP contribution in [0.5, 0.6) is 11.5 Å². The Kier molecular flexibility index (Phi) is 9.79. The fourth-order valence-corrected chi connectivity index (χ4v) is 3.94. The third-order valence-electron chi connectivity index (χ3n) is 5.77. The summed E-state index contributed by atoms with van der Waals surface area (Å²) in [5.74, 6) is 1.70. The highest BCUT2D eigenvalue weighted by Gasteiger charge is 2.19. The van der Waals surface area contributed by atoms with Crippen molar-refractivity contribution in [2.45, 2.75) is 50.7 Å². The summed E-state index contributed by atoms with van der Waals surface area (Å²) in [5.41, 5.74) is 2.13. The van der Waals surface area contributed by atoms with Crippen LogP contribution in [0, 0.1) is 0 Å². The molecule has 7 heteroatoms. The standard InChI is InChI=1S/C28H34N4O3/c1-3-11-25(12-4-1)33-19-27(15-7-9-23-17-29-21-31-23)35-28(16-8-10-24-18-30-22-32-24)20-34-26-13-5-2-6-14-26/h1-6,11-14,17-18,21-22,27-28H,7-10,15-16,19-20H2,(H,29,31)(H,30,32). The number of rotatable bonds is 16. The number of nitrogens with one attached hydrogen (secondary N) is 2. The van der Waals surface area contributed by atoms with E-state index in [2.05, 4.69) is 19.9 Å². The molecule has 4 rings (SSSR count). The van der Waals surface area contributed by atoms with E-state index in [4.69, 9.17) is 14.2 Å². The number of para-hydroxylation sites is 2. The van der Waals surface area contributed by atoms with Crippen LogP contribution >= 0.6 is 0 Å². The highest BCUT2D eigenvalue weighted by Crippen LogP contribution is 2.18. The molecule has 2 aromatic heterocycles. The number of hydrogen-bond donors (Lipinski definition) is 2. The summed E-state index contributed by atoms with van der Waals surface area (Å²) in [6, 6.07) is 19.8. The maximum absolute atomic E-state index is 6.63. The van der Waals surface area contributed by atoms with E-state index in [-0.39, 0.29) is 12.2 Å². The van der Waals surface area contributed by atoms with Gasteiger partial charge in [-0.1, -0.05) is 36.4 Å². The van der Waals surface area contributed by atoms with E-state index in [1.807, 2.05) is 73.1 Å². The molecule has 0 radical (unpaired) electrons. The summed E-state index contributed by atoms with van der Waals surface area (Å²) < 4.78 is 18.8. The lowest BCUT2D eigenvalue weighted by Crippen LogP contribution is -2.32. The summed E-state index contributed by atoms with van der Waals surface area (Å²) in [6.07, 6.45) is 12.7. The predicted octanol–water partition coefficient (Wildman–Crippen LogP) is 5.39. The number of aryl methyl sites for hydroxylation is 2. The van der Waals surface area contributed by atoms with Gasteiger partial charge in [0.1, 0.15) is 24.7 Å². The van der Waals surface area contributed by atoms with E-state index < -0.39 is 0 Å². The molecule has 0 aliphatic rings. The zero-order valence-corrected chi connectivity index (χ0v) is 20.0. The van der Waals surface area contributed by atoms with Crippen molar-refractivity contribution >= 4 is 0 Å². The molecule has 0 fully saturated rings. The number of benzene rings is 2. The largest absolute Gasteiger partial charge is 0.491 e. The number of aromatic amines is 2. The van der Waals surface area contributed by atoms with Gasteiger partial charge in [0.05, 0.1) is 36.3 Å². The van der Waals surface area contributed by atoms with Crippen molar-refractivity contribution in [3.05, 3.63) is 97.1 Å². The molecule has 2 heterocycles. The van der Waals surface area contributed by atoms with Crippen molar-refractivity contribution in [1.29, 1.82) is 0 Å². The van der Waals surface area contributed by atoms with Crippen LogP contribution in [0.1, 0.15) is 37.1 Å². The molecule has 7 nitrogen and oxygen atoms in total. The molecule has 0 aliphatic carbocycles. The highest BCUT2D eigenvalue weighted by atomic mass is 16.6. The van der Waals surface area contributed by atoms with E-state index >= 15 is 0 Å².